The second-order valence-electron chi connectivity index (χ2n) is 8.46. The van der Waals surface area contributed by atoms with E-state index in [1.165, 1.54) is 4.90 Å². The molecule has 3 amide bonds. The maximum atomic E-state index is 13.1. The third kappa shape index (κ3) is 2.76. The van der Waals surface area contributed by atoms with E-state index in [0.29, 0.717) is 11.3 Å². The number of benzene rings is 1. The van der Waals surface area contributed by atoms with Crippen molar-refractivity contribution in [3.05, 3.63) is 53.3 Å². The fraction of sp³-hybridized carbons (Fsp3) is 0.409. The Kier molecular flexibility index (Phi) is 4.70. The van der Waals surface area contributed by atoms with E-state index in [1.54, 1.807) is 28.9 Å². The molecule has 2 heterocycles. The molecule has 1 aliphatic heterocycles. The number of aromatic nitrogens is 1. The molecule has 8 heteroatoms. The van der Waals surface area contributed by atoms with Gasteiger partial charge in [0.05, 0.1) is 17.5 Å². The molecule has 156 valence electrons. The number of fused-ring (bicyclic) bond motifs is 5. The van der Waals surface area contributed by atoms with Gasteiger partial charge in [-0.15, -0.1) is 0 Å². The lowest BCUT2D eigenvalue weighted by Crippen LogP contribution is -2.37. The Bertz CT molecular complexity index is 1010. The van der Waals surface area contributed by atoms with Gasteiger partial charge in [-0.1, -0.05) is 31.9 Å². The topological polar surface area (TPSA) is 71.4 Å². The Hall–Kier alpha value is -1.93. The van der Waals surface area contributed by atoms with Crippen LogP contribution in [0, 0.1) is 37.5 Å². The number of amides is 3. The van der Waals surface area contributed by atoms with E-state index in [2.05, 4.69) is 37.3 Å². The van der Waals surface area contributed by atoms with E-state index < -0.39 is 0 Å². The molecule has 6 atom stereocenters. The first-order valence-electron chi connectivity index (χ1n) is 10.0. The molecular formula is C22H21Br2N3O3. The van der Waals surface area contributed by atoms with Gasteiger partial charge in [-0.3, -0.25) is 29.4 Å². The molecule has 1 aromatic heterocycles. The largest absolute Gasteiger partial charge is 0.274 e. The number of halogens is 2. The molecule has 0 radical (unpaired) electrons. The molecule has 6 nitrogen and oxygen atoms in total. The summed E-state index contributed by atoms with van der Waals surface area (Å²) in [7, 11) is 0. The normalized spacial score (nSPS) is 32.1. The van der Waals surface area contributed by atoms with Crippen molar-refractivity contribution in [1.82, 2.24) is 4.68 Å². The summed E-state index contributed by atoms with van der Waals surface area (Å²) in [6.07, 6.45) is 0.907. The lowest BCUT2D eigenvalue weighted by molar-refractivity contribution is -0.123. The molecular weight excluding hydrogens is 514 g/mol. The molecule has 3 aliphatic rings. The Labute approximate surface area is 191 Å². The van der Waals surface area contributed by atoms with Gasteiger partial charge in [-0.2, -0.15) is 0 Å². The van der Waals surface area contributed by atoms with Crippen molar-refractivity contribution < 1.29 is 14.4 Å². The maximum Gasteiger partial charge on any atom is 0.270 e. The monoisotopic (exact) mass is 533 g/mol. The standard InChI is InChI=1S/C22H21Br2N3O3/c1-10-3-4-11(2)27(10)25-20(28)12-5-7-13(8-6-12)26-21(29)16-14-9-15(17(16)22(26)30)19(24)18(14)23/h3-8,14-19H,9H2,1-2H3,(H,25,28)/t14-,15-,16-,17+,18-,19+/m1/s1. The Morgan fingerprint density at radius 2 is 1.40 bits per heavy atom. The minimum atomic E-state index is -0.248. The van der Waals surface area contributed by atoms with E-state index in [1.807, 2.05) is 26.0 Å². The maximum absolute atomic E-state index is 13.1. The molecule has 30 heavy (non-hydrogen) atoms. The minimum absolute atomic E-state index is 0.114. The van der Waals surface area contributed by atoms with Crippen LogP contribution in [-0.4, -0.2) is 32.1 Å². The quantitative estimate of drug-likeness (QED) is 0.481. The van der Waals surface area contributed by atoms with E-state index in [0.717, 1.165) is 17.8 Å². The molecule has 1 aromatic carbocycles. The van der Waals surface area contributed by atoms with Crippen molar-refractivity contribution >= 4 is 55.3 Å². The molecule has 1 N–H and O–H groups in total. The summed E-state index contributed by atoms with van der Waals surface area (Å²) in [6, 6.07) is 10.5. The summed E-state index contributed by atoms with van der Waals surface area (Å²) < 4.78 is 1.73. The number of aryl methyl sites for hydroxylation is 2. The fourth-order valence-electron chi connectivity index (χ4n) is 5.38. The average Bonchev–Trinajstić information content (AvgIpc) is 3.42. The average molecular weight is 535 g/mol. The number of alkyl halides is 2. The highest BCUT2D eigenvalue weighted by Gasteiger charge is 2.66. The molecule has 1 saturated heterocycles. The predicted octanol–water partition coefficient (Wildman–Crippen LogP) is 3.77. The van der Waals surface area contributed by atoms with Gasteiger partial charge in [0, 0.05) is 26.6 Å². The number of imide groups is 1. The van der Waals surface area contributed by atoms with Crippen molar-refractivity contribution in [1.29, 1.82) is 0 Å². The zero-order valence-corrected chi connectivity index (χ0v) is 19.7. The minimum Gasteiger partial charge on any atom is -0.274 e. The van der Waals surface area contributed by atoms with Crippen LogP contribution in [0.25, 0.3) is 0 Å². The lowest BCUT2D eigenvalue weighted by Gasteiger charge is -2.28. The van der Waals surface area contributed by atoms with Gasteiger partial charge >= 0.3 is 0 Å². The van der Waals surface area contributed by atoms with E-state index in [-0.39, 0.29) is 51.0 Å². The van der Waals surface area contributed by atoms with Gasteiger partial charge in [0.2, 0.25) is 11.8 Å². The summed E-state index contributed by atoms with van der Waals surface area (Å²) in [4.78, 5) is 40.6. The van der Waals surface area contributed by atoms with Crippen LogP contribution in [0.4, 0.5) is 5.69 Å². The Morgan fingerprint density at radius 1 is 0.900 bits per heavy atom. The van der Waals surface area contributed by atoms with E-state index >= 15 is 0 Å². The highest BCUT2D eigenvalue weighted by atomic mass is 79.9. The SMILES string of the molecule is Cc1ccc(C)n1NC(=O)c1ccc(N2C(=O)[C@@H]3[C@H]4C[C@@H]([C@H](Br)[C@@H]4Br)[C@@H]3C2=O)cc1. The second kappa shape index (κ2) is 7.05. The summed E-state index contributed by atoms with van der Waals surface area (Å²) in [6.45, 7) is 3.83. The van der Waals surface area contributed by atoms with Gasteiger partial charge in [0.25, 0.3) is 5.91 Å². The number of nitrogens with one attached hydrogen (secondary N) is 1. The van der Waals surface area contributed by atoms with Crippen molar-refractivity contribution in [2.75, 3.05) is 10.3 Å². The van der Waals surface area contributed by atoms with Crippen LogP contribution < -0.4 is 10.3 Å². The third-order valence-corrected chi connectivity index (χ3v) is 10.1. The van der Waals surface area contributed by atoms with Crippen LogP contribution in [-0.2, 0) is 9.59 Å². The van der Waals surface area contributed by atoms with Crippen molar-refractivity contribution in [3.63, 3.8) is 0 Å². The second-order valence-corrected chi connectivity index (χ2v) is 10.6. The van der Waals surface area contributed by atoms with Gasteiger partial charge < -0.3 is 0 Å². The zero-order chi connectivity index (χ0) is 21.3. The highest BCUT2D eigenvalue weighted by Crippen LogP contribution is 2.60. The van der Waals surface area contributed by atoms with Crippen LogP contribution in [0.1, 0.15) is 28.2 Å². The lowest BCUT2D eigenvalue weighted by atomic mass is 9.81. The van der Waals surface area contributed by atoms with Gasteiger partial charge in [0.15, 0.2) is 0 Å². The molecule has 2 bridgehead atoms. The summed E-state index contributed by atoms with van der Waals surface area (Å²) in [5.74, 6) is -0.601. The number of rotatable bonds is 3. The number of carbonyl (C=O) groups excluding carboxylic acids is 3. The van der Waals surface area contributed by atoms with Crippen LogP contribution >= 0.6 is 31.9 Å². The molecule has 0 spiro atoms. The third-order valence-electron chi connectivity index (χ3n) is 6.86. The van der Waals surface area contributed by atoms with Crippen molar-refractivity contribution in [2.24, 2.45) is 23.7 Å². The molecule has 2 aromatic rings. The summed E-state index contributed by atoms with van der Waals surface area (Å²) in [5, 5.41) is 0. The smallest absolute Gasteiger partial charge is 0.270 e. The molecule has 3 fully saturated rings. The van der Waals surface area contributed by atoms with Crippen LogP contribution in [0.3, 0.4) is 0 Å². The highest BCUT2D eigenvalue weighted by molar-refractivity contribution is 9.12. The van der Waals surface area contributed by atoms with Gasteiger partial charge in [-0.05, 0) is 68.5 Å². The summed E-state index contributed by atoms with van der Waals surface area (Å²) >= 11 is 7.41. The first-order valence-corrected chi connectivity index (χ1v) is 11.8. The molecule has 0 unspecified atom stereocenters. The van der Waals surface area contributed by atoms with Crippen molar-refractivity contribution in [3.8, 4) is 0 Å². The van der Waals surface area contributed by atoms with Crippen molar-refractivity contribution in [2.45, 2.75) is 29.9 Å². The number of carbonyl (C=O) groups is 3. The summed E-state index contributed by atoms with van der Waals surface area (Å²) in [5.41, 5.74) is 5.72. The number of hydrogen-bond acceptors (Lipinski definition) is 3. The van der Waals surface area contributed by atoms with E-state index in [4.69, 9.17) is 0 Å². The first kappa shape index (κ1) is 20.0. The molecule has 2 saturated carbocycles. The molecule has 5 rings (SSSR count). The number of hydrogen-bond donors (Lipinski definition) is 1. The van der Waals surface area contributed by atoms with Crippen LogP contribution in [0.15, 0.2) is 36.4 Å². The number of nitrogens with zero attached hydrogens (tertiary/aromatic N) is 2. The first-order chi connectivity index (χ1) is 14.3. The fourth-order valence-corrected chi connectivity index (χ4v) is 7.25. The van der Waals surface area contributed by atoms with Gasteiger partial charge in [-0.25, -0.2) is 0 Å². The number of anilines is 1. The molecule has 2 aliphatic carbocycles. The van der Waals surface area contributed by atoms with Gasteiger partial charge in [0.1, 0.15) is 0 Å². The van der Waals surface area contributed by atoms with Crippen LogP contribution in [0.5, 0.6) is 0 Å². The van der Waals surface area contributed by atoms with Crippen LogP contribution in [0.2, 0.25) is 0 Å². The zero-order valence-electron chi connectivity index (χ0n) is 16.5. The Balaban J connectivity index is 1.37. The predicted molar refractivity (Wildman–Crippen MR) is 121 cm³/mol. The van der Waals surface area contributed by atoms with E-state index in [9.17, 15) is 14.4 Å². The Morgan fingerprint density at radius 3 is 1.90 bits per heavy atom.